The maximum atomic E-state index is 5.85. The first-order valence-corrected chi connectivity index (χ1v) is 11.0. The molecule has 0 bridgehead atoms. The molecule has 0 unspecified atom stereocenters. The van der Waals surface area contributed by atoms with Crippen molar-refractivity contribution in [2.24, 2.45) is 0 Å². The molecule has 0 spiro atoms. The molecule has 5 nitrogen and oxygen atoms in total. The molecule has 5 rings (SSSR count). The third-order valence-corrected chi connectivity index (χ3v) is 6.19. The summed E-state index contributed by atoms with van der Waals surface area (Å²) in [5, 5.41) is 4.21. The number of hydrogen-bond donors (Lipinski definition) is 1. The average Bonchev–Trinajstić information content (AvgIpc) is 3.39. The zero-order valence-electron chi connectivity index (χ0n) is 18.0. The number of rotatable bonds is 5. The molecule has 1 fully saturated rings. The molecule has 1 aliphatic heterocycles. The highest BCUT2D eigenvalue weighted by molar-refractivity contribution is 7.80. The highest BCUT2D eigenvalue weighted by Crippen LogP contribution is 2.43. The van der Waals surface area contributed by atoms with Gasteiger partial charge in [0.05, 0.1) is 18.8 Å². The van der Waals surface area contributed by atoms with E-state index in [0.29, 0.717) is 5.11 Å². The van der Waals surface area contributed by atoms with Crippen LogP contribution in [0, 0.1) is 6.92 Å². The quantitative estimate of drug-likeness (QED) is 0.423. The monoisotopic (exact) mass is 440 g/mol. The first kappa shape index (κ1) is 20.3. The number of thiocarbonyl (C=S) groups is 1. The van der Waals surface area contributed by atoms with Gasteiger partial charge in [0, 0.05) is 29.0 Å². The van der Waals surface area contributed by atoms with Crippen LogP contribution in [0.3, 0.4) is 0 Å². The average molecular weight is 441 g/mol. The number of aryl methyl sites for hydroxylation is 1. The van der Waals surface area contributed by atoms with Gasteiger partial charge in [-0.25, -0.2) is 0 Å². The minimum absolute atomic E-state index is 0.0836. The Morgan fingerprint density at radius 2 is 1.62 bits per heavy atom. The lowest BCUT2D eigenvalue weighted by molar-refractivity contribution is 0.415. The van der Waals surface area contributed by atoms with E-state index in [4.69, 9.17) is 17.0 Å². The lowest BCUT2D eigenvalue weighted by Crippen LogP contribution is -2.30. The van der Waals surface area contributed by atoms with Crippen molar-refractivity contribution >= 4 is 23.0 Å². The second-order valence-electron chi connectivity index (χ2n) is 7.77. The zero-order valence-corrected chi connectivity index (χ0v) is 18.8. The Kier molecular flexibility index (Phi) is 5.37. The van der Waals surface area contributed by atoms with Crippen LogP contribution in [0.1, 0.15) is 29.2 Å². The summed E-state index contributed by atoms with van der Waals surface area (Å²) in [6.45, 7) is 2.13. The first-order chi connectivity index (χ1) is 15.7. The number of para-hydroxylation sites is 1. The molecule has 1 saturated heterocycles. The Morgan fingerprint density at radius 1 is 0.875 bits per heavy atom. The van der Waals surface area contributed by atoms with Gasteiger partial charge >= 0.3 is 0 Å². The van der Waals surface area contributed by atoms with Crippen molar-refractivity contribution in [2.45, 2.75) is 19.0 Å². The van der Waals surface area contributed by atoms with E-state index >= 15 is 0 Å². The molecule has 2 aromatic carbocycles. The molecule has 0 aliphatic carbocycles. The number of nitrogens with zero attached hydrogens (tertiary/aromatic N) is 3. The lowest BCUT2D eigenvalue weighted by Gasteiger charge is -2.29. The van der Waals surface area contributed by atoms with Gasteiger partial charge in [-0.15, -0.1) is 0 Å². The number of aromatic nitrogens is 2. The molecule has 0 saturated carbocycles. The Morgan fingerprint density at radius 3 is 2.31 bits per heavy atom. The molecule has 2 aromatic heterocycles. The standard InChI is InChI=1S/C26H24N4OS/c1-18-11-16-23(29(18)19-8-4-3-5-9-19)25-24(22-10-6-7-17-27-22)28-26(32)30(25)20-12-14-21(31-2)15-13-20/h3-17,24-25H,1-2H3,(H,28,32)/t24-,25+/m0/s1. The zero-order chi connectivity index (χ0) is 22.1. The SMILES string of the molecule is COc1ccc(N2C(=S)N[C@@H](c3ccccn3)[C@H]2c2ccc(C)n2-c2ccccc2)cc1. The third kappa shape index (κ3) is 3.52. The fourth-order valence-corrected chi connectivity index (χ4v) is 4.74. The van der Waals surface area contributed by atoms with E-state index < -0.39 is 0 Å². The second-order valence-corrected chi connectivity index (χ2v) is 8.15. The highest BCUT2D eigenvalue weighted by atomic mass is 32.1. The summed E-state index contributed by atoms with van der Waals surface area (Å²) in [4.78, 5) is 6.84. The number of benzene rings is 2. The maximum Gasteiger partial charge on any atom is 0.174 e. The Balaban J connectivity index is 1.68. The van der Waals surface area contributed by atoms with Crippen LogP contribution in [0.2, 0.25) is 0 Å². The Bertz CT molecular complexity index is 1220. The second kappa shape index (κ2) is 8.48. The van der Waals surface area contributed by atoms with Gasteiger partial charge < -0.3 is 19.5 Å². The molecule has 1 N–H and O–H groups in total. The highest BCUT2D eigenvalue weighted by Gasteiger charge is 2.42. The van der Waals surface area contributed by atoms with Crippen molar-refractivity contribution in [3.05, 3.63) is 108 Å². The first-order valence-electron chi connectivity index (χ1n) is 10.6. The van der Waals surface area contributed by atoms with Crippen molar-refractivity contribution in [1.82, 2.24) is 14.9 Å². The fraction of sp³-hybridized carbons (Fsp3) is 0.154. The summed E-state index contributed by atoms with van der Waals surface area (Å²) in [6.07, 6.45) is 1.83. The summed E-state index contributed by atoms with van der Waals surface area (Å²) in [5.41, 5.74) is 5.39. The molecule has 0 radical (unpaired) electrons. The van der Waals surface area contributed by atoms with E-state index in [-0.39, 0.29) is 12.1 Å². The molecule has 2 atom stereocenters. The van der Waals surface area contributed by atoms with Gasteiger partial charge in [-0.1, -0.05) is 24.3 Å². The summed E-state index contributed by atoms with van der Waals surface area (Å²) in [6, 6.07) is 28.6. The molecule has 0 amide bonds. The largest absolute Gasteiger partial charge is 0.497 e. The van der Waals surface area contributed by atoms with Gasteiger partial charge in [0.15, 0.2) is 5.11 Å². The molecule has 32 heavy (non-hydrogen) atoms. The number of pyridine rings is 1. The smallest absolute Gasteiger partial charge is 0.174 e. The fourth-order valence-electron chi connectivity index (χ4n) is 4.40. The van der Waals surface area contributed by atoms with E-state index in [2.05, 4.69) is 63.1 Å². The van der Waals surface area contributed by atoms with Gasteiger partial charge in [0.1, 0.15) is 11.8 Å². The van der Waals surface area contributed by atoms with Crippen LogP contribution in [0.5, 0.6) is 5.75 Å². The lowest BCUT2D eigenvalue weighted by atomic mass is 10.0. The van der Waals surface area contributed by atoms with E-state index in [9.17, 15) is 0 Å². The molecule has 1 aliphatic rings. The van der Waals surface area contributed by atoms with Crippen LogP contribution < -0.4 is 15.0 Å². The number of nitrogens with one attached hydrogen (secondary N) is 1. The van der Waals surface area contributed by atoms with E-state index in [1.165, 1.54) is 5.69 Å². The van der Waals surface area contributed by atoms with E-state index in [1.54, 1.807) is 7.11 Å². The Hall–Kier alpha value is -3.64. The van der Waals surface area contributed by atoms with Crippen molar-refractivity contribution < 1.29 is 4.74 Å². The van der Waals surface area contributed by atoms with E-state index in [1.807, 2.05) is 54.7 Å². The van der Waals surface area contributed by atoms with Crippen LogP contribution in [-0.4, -0.2) is 21.8 Å². The topological polar surface area (TPSA) is 42.3 Å². The van der Waals surface area contributed by atoms with Crippen molar-refractivity contribution in [2.75, 3.05) is 12.0 Å². The number of anilines is 1. The van der Waals surface area contributed by atoms with E-state index in [0.717, 1.165) is 28.5 Å². The van der Waals surface area contributed by atoms with Gasteiger partial charge in [0.2, 0.25) is 0 Å². The predicted octanol–water partition coefficient (Wildman–Crippen LogP) is 5.37. The van der Waals surface area contributed by atoms with Crippen LogP contribution >= 0.6 is 12.2 Å². The van der Waals surface area contributed by atoms with Gasteiger partial charge in [-0.2, -0.15) is 0 Å². The summed E-state index contributed by atoms with van der Waals surface area (Å²) in [7, 11) is 1.67. The van der Waals surface area contributed by atoms with Crippen molar-refractivity contribution in [1.29, 1.82) is 0 Å². The molecular weight excluding hydrogens is 416 g/mol. The van der Waals surface area contributed by atoms with Gasteiger partial charge in [-0.05, 0) is 79.8 Å². The predicted molar refractivity (Wildman–Crippen MR) is 131 cm³/mol. The summed E-state index contributed by atoms with van der Waals surface area (Å²) < 4.78 is 7.66. The molecule has 4 aromatic rings. The number of methoxy groups -OCH3 is 1. The maximum absolute atomic E-state index is 5.85. The Labute approximate surface area is 193 Å². The van der Waals surface area contributed by atoms with Crippen LogP contribution in [0.4, 0.5) is 5.69 Å². The van der Waals surface area contributed by atoms with Crippen LogP contribution in [0.25, 0.3) is 5.69 Å². The van der Waals surface area contributed by atoms with Gasteiger partial charge in [0.25, 0.3) is 0 Å². The molecule has 160 valence electrons. The van der Waals surface area contributed by atoms with Gasteiger partial charge in [-0.3, -0.25) is 4.98 Å². The minimum atomic E-state index is -0.0948. The molecule has 3 heterocycles. The summed E-state index contributed by atoms with van der Waals surface area (Å²) >= 11 is 5.85. The molecule has 6 heteroatoms. The van der Waals surface area contributed by atoms with Crippen molar-refractivity contribution in [3.63, 3.8) is 0 Å². The molecular formula is C26H24N4OS. The van der Waals surface area contributed by atoms with Crippen LogP contribution in [0.15, 0.2) is 91.1 Å². The van der Waals surface area contributed by atoms with Crippen LogP contribution in [-0.2, 0) is 0 Å². The third-order valence-electron chi connectivity index (χ3n) is 5.87. The number of hydrogen-bond acceptors (Lipinski definition) is 3. The summed E-state index contributed by atoms with van der Waals surface area (Å²) in [5.74, 6) is 0.813. The minimum Gasteiger partial charge on any atom is -0.497 e. The van der Waals surface area contributed by atoms with Crippen molar-refractivity contribution in [3.8, 4) is 11.4 Å². The number of ether oxygens (including phenoxy) is 1. The normalized spacial score (nSPS) is 17.9.